The fourth-order valence-electron chi connectivity index (χ4n) is 3.95. The number of urea groups is 1. The molecule has 0 unspecified atom stereocenters. The first-order valence-corrected chi connectivity index (χ1v) is 9.25. The van der Waals surface area contributed by atoms with Gasteiger partial charge in [-0.15, -0.1) is 0 Å². The summed E-state index contributed by atoms with van der Waals surface area (Å²) in [7, 11) is 1.60. The van der Waals surface area contributed by atoms with Gasteiger partial charge in [0.25, 0.3) is 0 Å². The van der Waals surface area contributed by atoms with E-state index in [-0.39, 0.29) is 35.0 Å². The van der Waals surface area contributed by atoms with E-state index in [1.807, 2.05) is 19.9 Å². The summed E-state index contributed by atoms with van der Waals surface area (Å²) in [6.45, 7) is 10.6. The molecule has 1 aliphatic carbocycles. The molecule has 1 heterocycles. The number of aliphatic hydroxyl groups excluding tert-OH is 1. The van der Waals surface area contributed by atoms with Crippen LogP contribution in [0.25, 0.3) is 0 Å². The van der Waals surface area contributed by atoms with Crippen LogP contribution in [0.2, 0.25) is 0 Å². The molecule has 0 aliphatic heterocycles. The number of aliphatic hydroxyl groups is 1. The summed E-state index contributed by atoms with van der Waals surface area (Å²) in [6, 6.07) is 1.49. The Labute approximate surface area is 156 Å². The molecule has 0 bridgehead atoms. The Morgan fingerprint density at radius 2 is 1.96 bits per heavy atom. The lowest BCUT2D eigenvalue weighted by Gasteiger charge is -2.39. The van der Waals surface area contributed by atoms with Gasteiger partial charge in [-0.1, -0.05) is 20.8 Å². The molecule has 146 valence electrons. The molecule has 26 heavy (non-hydrogen) atoms. The Morgan fingerprint density at radius 3 is 2.50 bits per heavy atom. The highest BCUT2D eigenvalue weighted by atomic mass is 16.5. The topological polar surface area (TPSA) is 83.5 Å². The van der Waals surface area contributed by atoms with E-state index in [1.165, 1.54) is 0 Å². The maximum atomic E-state index is 12.7. The third-order valence-corrected chi connectivity index (χ3v) is 4.66. The quantitative estimate of drug-likeness (QED) is 0.723. The SMILES string of the molecule is COc1cncc([C@H](NC(=O)NC(C)(C)CC(C)(C)C)C2CC(O)C2)c1. The molecule has 1 atom stereocenters. The van der Waals surface area contributed by atoms with Gasteiger partial charge in [-0.25, -0.2) is 4.79 Å². The van der Waals surface area contributed by atoms with Gasteiger partial charge in [-0.05, 0) is 56.1 Å². The zero-order valence-corrected chi connectivity index (χ0v) is 16.8. The molecule has 6 heteroatoms. The van der Waals surface area contributed by atoms with Gasteiger partial charge in [0.15, 0.2) is 0 Å². The highest BCUT2D eigenvalue weighted by Gasteiger charge is 2.37. The second kappa shape index (κ2) is 7.82. The lowest BCUT2D eigenvalue weighted by molar-refractivity contribution is 0.0256. The van der Waals surface area contributed by atoms with E-state index in [4.69, 9.17) is 4.74 Å². The number of hydrogen-bond donors (Lipinski definition) is 3. The molecule has 1 saturated carbocycles. The van der Waals surface area contributed by atoms with Gasteiger partial charge < -0.3 is 20.5 Å². The summed E-state index contributed by atoms with van der Waals surface area (Å²) < 4.78 is 5.26. The molecular weight excluding hydrogens is 330 g/mol. The van der Waals surface area contributed by atoms with E-state index in [2.05, 4.69) is 36.4 Å². The van der Waals surface area contributed by atoms with Crippen LogP contribution in [0.1, 0.15) is 65.5 Å². The summed E-state index contributed by atoms with van der Waals surface area (Å²) in [5.41, 5.74) is 0.689. The van der Waals surface area contributed by atoms with Crippen molar-refractivity contribution >= 4 is 6.03 Å². The molecule has 2 rings (SSSR count). The van der Waals surface area contributed by atoms with Crippen LogP contribution in [0, 0.1) is 11.3 Å². The maximum Gasteiger partial charge on any atom is 0.315 e. The first-order chi connectivity index (χ1) is 12.0. The van der Waals surface area contributed by atoms with E-state index in [9.17, 15) is 9.90 Å². The van der Waals surface area contributed by atoms with Crippen molar-refractivity contribution < 1.29 is 14.6 Å². The van der Waals surface area contributed by atoms with Gasteiger partial charge >= 0.3 is 6.03 Å². The molecule has 0 aromatic carbocycles. The van der Waals surface area contributed by atoms with Crippen molar-refractivity contribution in [2.45, 2.75) is 71.6 Å². The molecule has 1 fully saturated rings. The first kappa shape index (κ1) is 20.5. The second-order valence-electron chi connectivity index (χ2n) is 9.24. The average molecular weight is 364 g/mol. The summed E-state index contributed by atoms with van der Waals surface area (Å²) in [5, 5.41) is 15.9. The Kier molecular flexibility index (Phi) is 6.17. The fourth-order valence-corrected chi connectivity index (χ4v) is 3.95. The second-order valence-corrected chi connectivity index (χ2v) is 9.24. The van der Waals surface area contributed by atoms with Crippen LogP contribution in [-0.2, 0) is 0 Å². The van der Waals surface area contributed by atoms with E-state index in [1.54, 1.807) is 19.5 Å². The fraction of sp³-hybridized carbons (Fsp3) is 0.700. The number of aromatic nitrogens is 1. The van der Waals surface area contributed by atoms with Gasteiger partial charge in [-0.3, -0.25) is 4.98 Å². The Hall–Kier alpha value is -1.82. The number of hydrogen-bond acceptors (Lipinski definition) is 4. The summed E-state index contributed by atoms with van der Waals surface area (Å²) in [5.74, 6) is 0.845. The minimum Gasteiger partial charge on any atom is -0.495 e. The number of amides is 2. The molecule has 2 amide bonds. The van der Waals surface area contributed by atoms with Crippen LogP contribution in [0.5, 0.6) is 5.75 Å². The number of nitrogens with zero attached hydrogens (tertiary/aromatic N) is 1. The summed E-state index contributed by atoms with van der Waals surface area (Å²) in [6.07, 6.45) is 5.31. The highest BCUT2D eigenvalue weighted by molar-refractivity contribution is 5.75. The molecule has 1 aliphatic rings. The number of methoxy groups -OCH3 is 1. The number of nitrogens with one attached hydrogen (secondary N) is 2. The van der Waals surface area contributed by atoms with Crippen molar-refractivity contribution in [2.24, 2.45) is 11.3 Å². The number of ether oxygens (including phenoxy) is 1. The van der Waals surface area contributed by atoms with E-state index >= 15 is 0 Å². The molecule has 0 spiro atoms. The smallest absolute Gasteiger partial charge is 0.315 e. The minimum atomic E-state index is -0.321. The predicted molar refractivity (Wildman–Crippen MR) is 102 cm³/mol. The lowest BCUT2D eigenvalue weighted by atomic mass is 9.75. The van der Waals surface area contributed by atoms with Crippen molar-refractivity contribution in [3.8, 4) is 5.75 Å². The van der Waals surface area contributed by atoms with Crippen molar-refractivity contribution in [1.82, 2.24) is 15.6 Å². The van der Waals surface area contributed by atoms with E-state index < -0.39 is 0 Å². The van der Waals surface area contributed by atoms with Crippen LogP contribution in [0.4, 0.5) is 4.79 Å². The molecular formula is C20H33N3O3. The van der Waals surface area contributed by atoms with Crippen LogP contribution in [0.3, 0.4) is 0 Å². The molecule has 6 nitrogen and oxygen atoms in total. The summed E-state index contributed by atoms with van der Waals surface area (Å²) >= 11 is 0. The molecule has 1 aromatic heterocycles. The van der Waals surface area contributed by atoms with Crippen molar-refractivity contribution in [3.05, 3.63) is 24.0 Å². The lowest BCUT2D eigenvalue weighted by Crippen LogP contribution is -2.52. The number of rotatable bonds is 6. The largest absolute Gasteiger partial charge is 0.495 e. The molecule has 3 N–H and O–H groups in total. The average Bonchev–Trinajstić information content (AvgIpc) is 2.47. The number of pyridine rings is 1. The van der Waals surface area contributed by atoms with E-state index in [0.29, 0.717) is 18.6 Å². The third-order valence-electron chi connectivity index (χ3n) is 4.66. The first-order valence-electron chi connectivity index (χ1n) is 9.25. The van der Waals surface area contributed by atoms with Gasteiger partial charge in [0, 0.05) is 11.7 Å². The third kappa shape index (κ3) is 5.87. The van der Waals surface area contributed by atoms with Gasteiger partial charge in [-0.2, -0.15) is 0 Å². The Balaban J connectivity index is 2.10. The Morgan fingerprint density at radius 1 is 1.31 bits per heavy atom. The minimum absolute atomic E-state index is 0.116. The zero-order chi connectivity index (χ0) is 19.5. The van der Waals surface area contributed by atoms with Gasteiger partial charge in [0.2, 0.25) is 0 Å². The zero-order valence-electron chi connectivity index (χ0n) is 16.8. The van der Waals surface area contributed by atoms with Crippen molar-refractivity contribution in [3.63, 3.8) is 0 Å². The monoisotopic (exact) mass is 363 g/mol. The van der Waals surface area contributed by atoms with Gasteiger partial charge in [0.05, 0.1) is 25.5 Å². The van der Waals surface area contributed by atoms with Crippen molar-refractivity contribution in [1.29, 1.82) is 0 Å². The number of carbonyl (C=O) groups excluding carboxylic acids is 1. The Bertz CT molecular complexity index is 619. The highest BCUT2D eigenvalue weighted by Crippen LogP contribution is 2.38. The van der Waals surface area contributed by atoms with Crippen LogP contribution < -0.4 is 15.4 Å². The molecule has 1 aromatic rings. The molecule has 0 radical (unpaired) electrons. The van der Waals surface area contributed by atoms with Crippen molar-refractivity contribution in [2.75, 3.05) is 7.11 Å². The predicted octanol–water partition coefficient (Wildman–Crippen LogP) is 3.42. The summed E-state index contributed by atoms with van der Waals surface area (Å²) in [4.78, 5) is 16.9. The standard InChI is InChI=1S/C20H33N3O3/c1-19(2,3)12-20(4,5)23-18(25)22-17(13-7-15(24)8-13)14-9-16(26-6)11-21-10-14/h9-11,13,15,17,24H,7-8,12H2,1-6H3,(H2,22,23,25)/t13?,15?,17-/m1/s1. The molecule has 0 saturated heterocycles. The normalized spacial score (nSPS) is 21.5. The van der Waals surface area contributed by atoms with Crippen LogP contribution >= 0.6 is 0 Å². The van der Waals surface area contributed by atoms with Crippen LogP contribution in [0.15, 0.2) is 18.5 Å². The number of carbonyl (C=O) groups is 1. The van der Waals surface area contributed by atoms with E-state index in [0.717, 1.165) is 12.0 Å². The maximum absolute atomic E-state index is 12.7. The van der Waals surface area contributed by atoms with Gasteiger partial charge in [0.1, 0.15) is 5.75 Å². The van der Waals surface area contributed by atoms with Crippen LogP contribution in [-0.4, -0.2) is 34.9 Å².